The van der Waals surface area contributed by atoms with Crippen molar-refractivity contribution in [1.82, 2.24) is 5.16 Å². The van der Waals surface area contributed by atoms with E-state index in [2.05, 4.69) is 5.16 Å². The normalized spacial score (nSPS) is 10.5. The molecule has 0 saturated heterocycles. The zero-order chi connectivity index (χ0) is 20.3. The molecular formula is C21H24N2O5. The minimum Gasteiger partial charge on any atom is -0.493 e. The minimum atomic E-state index is 0.439. The molecular weight excluding hydrogens is 360 g/mol. The first kappa shape index (κ1) is 19.4. The molecule has 148 valence electrons. The summed E-state index contributed by atoms with van der Waals surface area (Å²) in [6.07, 6.45) is 1.65. The first-order valence-corrected chi connectivity index (χ1v) is 8.65. The van der Waals surface area contributed by atoms with E-state index in [1.165, 1.54) is 0 Å². The molecule has 0 saturated carbocycles. The predicted octanol–water partition coefficient (Wildman–Crippen LogP) is 4.11. The summed E-state index contributed by atoms with van der Waals surface area (Å²) in [6.45, 7) is 0. The highest BCUT2D eigenvalue weighted by molar-refractivity contribution is 5.86. The van der Waals surface area contributed by atoms with E-state index in [0.717, 1.165) is 22.4 Å². The Morgan fingerprint density at radius 1 is 0.786 bits per heavy atom. The number of methoxy groups -OCH3 is 4. The number of nitrogens with zero attached hydrogens (tertiary/aromatic N) is 2. The summed E-state index contributed by atoms with van der Waals surface area (Å²) in [4.78, 5) is 2.04. The zero-order valence-electron chi connectivity index (χ0n) is 16.9. The van der Waals surface area contributed by atoms with Crippen molar-refractivity contribution >= 4 is 5.69 Å². The van der Waals surface area contributed by atoms with E-state index >= 15 is 0 Å². The quantitative estimate of drug-likeness (QED) is 0.607. The molecule has 2 aromatic carbocycles. The van der Waals surface area contributed by atoms with Gasteiger partial charge in [-0.3, -0.25) is 0 Å². The van der Waals surface area contributed by atoms with Gasteiger partial charge >= 0.3 is 0 Å². The highest BCUT2D eigenvalue weighted by atomic mass is 16.5. The third-order valence-electron chi connectivity index (χ3n) is 4.50. The Bertz CT molecular complexity index is 948. The summed E-state index contributed by atoms with van der Waals surface area (Å²) in [5.41, 5.74) is 3.47. The summed E-state index contributed by atoms with van der Waals surface area (Å²) >= 11 is 0. The monoisotopic (exact) mass is 384 g/mol. The van der Waals surface area contributed by atoms with Gasteiger partial charge in [0, 0.05) is 30.9 Å². The molecule has 0 atom stereocenters. The van der Waals surface area contributed by atoms with Gasteiger partial charge in [-0.1, -0.05) is 5.16 Å². The minimum absolute atomic E-state index is 0.439. The Labute approximate surface area is 164 Å². The fourth-order valence-corrected chi connectivity index (χ4v) is 3.08. The van der Waals surface area contributed by atoms with Crippen LogP contribution in [0.15, 0.2) is 41.1 Å². The van der Waals surface area contributed by atoms with Gasteiger partial charge < -0.3 is 28.4 Å². The van der Waals surface area contributed by atoms with Crippen molar-refractivity contribution in [3.05, 3.63) is 36.5 Å². The van der Waals surface area contributed by atoms with Crippen LogP contribution in [-0.4, -0.2) is 47.7 Å². The average molecular weight is 384 g/mol. The third kappa shape index (κ3) is 3.31. The van der Waals surface area contributed by atoms with Crippen LogP contribution in [0.3, 0.4) is 0 Å². The van der Waals surface area contributed by atoms with Gasteiger partial charge in [0.05, 0.1) is 40.2 Å². The van der Waals surface area contributed by atoms with Gasteiger partial charge in [-0.05, 0) is 30.3 Å². The molecule has 0 fully saturated rings. The van der Waals surface area contributed by atoms with Gasteiger partial charge in [0.25, 0.3) is 0 Å². The largest absolute Gasteiger partial charge is 0.493 e. The molecule has 3 rings (SSSR count). The Balaban J connectivity index is 2.19. The van der Waals surface area contributed by atoms with Crippen LogP contribution in [0.2, 0.25) is 0 Å². The van der Waals surface area contributed by atoms with Crippen LogP contribution < -0.4 is 23.8 Å². The van der Waals surface area contributed by atoms with Gasteiger partial charge in [0.1, 0.15) is 0 Å². The lowest BCUT2D eigenvalue weighted by atomic mass is 10.00. The number of hydrogen-bond acceptors (Lipinski definition) is 7. The van der Waals surface area contributed by atoms with E-state index in [0.29, 0.717) is 28.8 Å². The molecule has 0 unspecified atom stereocenters. The maximum Gasteiger partial charge on any atom is 0.207 e. The number of benzene rings is 2. The molecule has 0 aliphatic rings. The van der Waals surface area contributed by atoms with Crippen LogP contribution in [0.5, 0.6) is 23.0 Å². The first-order valence-electron chi connectivity index (χ1n) is 8.65. The molecule has 28 heavy (non-hydrogen) atoms. The molecule has 3 aromatic rings. The number of ether oxygens (including phenoxy) is 4. The van der Waals surface area contributed by atoms with Crippen LogP contribution in [0.25, 0.3) is 22.5 Å². The molecule has 0 radical (unpaired) electrons. The zero-order valence-corrected chi connectivity index (χ0v) is 16.9. The molecule has 0 aliphatic carbocycles. The van der Waals surface area contributed by atoms with E-state index < -0.39 is 0 Å². The summed E-state index contributed by atoms with van der Waals surface area (Å²) < 4.78 is 27.7. The molecule has 7 nitrogen and oxygen atoms in total. The van der Waals surface area contributed by atoms with Crippen molar-refractivity contribution in [3.63, 3.8) is 0 Å². The Morgan fingerprint density at radius 2 is 1.43 bits per heavy atom. The molecule has 0 aliphatic heterocycles. The molecule has 0 N–H and O–H groups in total. The van der Waals surface area contributed by atoms with Gasteiger partial charge in [0.15, 0.2) is 17.3 Å². The highest BCUT2D eigenvalue weighted by Gasteiger charge is 2.25. The van der Waals surface area contributed by atoms with Crippen LogP contribution in [-0.2, 0) is 0 Å². The molecule has 1 aromatic heterocycles. The van der Waals surface area contributed by atoms with Crippen molar-refractivity contribution in [3.8, 4) is 45.4 Å². The summed E-state index contributed by atoms with van der Waals surface area (Å²) in [5, 5.41) is 4.01. The molecule has 7 heteroatoms. The van der Waals surface area contributed by atoms with E-state index in [-0.39, 0.29) is 0 Å². The van der Waals surface area contributed by atoms with E-state index in [4.69, 9.17) is 23.5 Å². The first-order chi connectivity index (χ1) is 13.5. The number of hydrogen-bond donors (Lipinski definition) is 0. The topological polar surface area (TPSA) is 66.2 Å². The maximum atomic E-state index is 5.64. The van der Waals surface area contributed by atoms with Gasteiger partial charge in [-0.25, -0.2) is 0 Å². The van der Waals surface area contributed by atoms with Gasteiger partial charge in [0.2, 0.25) is 11.5 Å². The lowest BCUT2D eigenvalue weighted by Gasteiger charge is -2.18. The van der Waals surface area contributed by atoms with E-state index in [1.54, 1.807) is 34.6 Å². The molecule has 1 heterocycles. The second-order valence-corrected chi connectivity index (χ2v) is 6.24. The summed E-state index contributed by atoms with van der Waals surface area (Å²) in [7, 11) is 10.2. The SMILES string of the molecule is COc1cc(-c2cnoc2-c2ccc(N(C)C)cc2)c(OC)c(OC)c1OC. The fraction of sp³-hybridized carbons (Fsp3) is 0.286. The van der Waals surface area contributed by atoms with Crippen molar-refractivity contribution in [2.24, 2.45) is 0 Å². The van der Waals surface area contributed by atoms with Crippen LogP contribution in [0.4, 0.5) is 5.69 Å². The second kappa shape index (κ2) is 8.12. The lowest BCUT2D eigenvalue weighted by Crippen LogP contribution is -2.07. The Hall–Kier alpha value is -3.35. The van der Waals surface area contributed by atoms with Crippen LogP contribution >= 0.6 is 0 Å². The van der Waals surface area contributed by atoms with Crippen LogP contribution in [0, 0.1) is 0 Å². The number of rotatable bonds is 7. The number of aromatic nitrogens is 1. The summed E-state index contributed by atoms with van der Waals surface area (Å²) in [5.74, 6) is 2.55. The maximum absolute atomic E-state index is 5.64. The average Bonchev–Trinajstić information content (AvgIpc) is 3.21. The fourth-order valence-electron chi connectivity index (χ4n) is 3.08. The lowest BCUT2D eigenvalue weighted by molar-refractivity contribution is 0.306. The predicted molar refractivity (Wildman–Crippen MR) is 108 cm³/mol. The van der Waals surface area contributed by atoms with Gasteiger partial charge in [-0.15, -0.1) is 0 Å². The number of anilines is 1. The highest BCUT2D eigenvalue weighted by Crippen LogP contribution is 2.51. The Morgan fingerprint density at radius 3 is 1.96 bits per heavy atom. The third-order valence-corrected chi connectivity index (χ3v) is 4.50. The smallest absolute Gasteiger partial charge is 0.207 e. The van der Waals surface area contributed by atoms with Crippen molar-refractivity contribution < 1.29 is 23.5 Å². The Kier molecular flexibility index (Phi) is 5.63. The van der Waals surface area contributed by atoms with Crippen molar-refractivity contribution in [2.75, 3.05) is 47.4 Å². The van der Waals surface area contributed by atoms with Crippen LogP contribution in [0.1, 0.15) is 0 Å². The standard InChI is InChI=1S/C21H24N2O5/c1-23(2)14-9-7-13(8-10-14)18-16(12-22-28-18)15-11-17(24-3)20(26-5)21(27-6)19(15)25-4/h7-12H,1-6H3. The molecule has 0 amide bonds. The van der Waals surface area contributed by atoms with E-state index in [1.807, 2.05) is 49.3 Å². The molecule has 0 bridgehead atoms. The molecule has 0 spiro atoms. The van der Waals surface area contributed by atoms with Crippen molar-refractivity contribution in [2.45, 2.75) is 0 Å². The van der Waals surface area contributed by atoms with E-state index in [9.17, 15) is 0 Å². The second-order valence-electron chi connectivity index (χ2n) is 6.24. The van der Waals surface area contributed by atoms with Crippen molar-refractivity contribution in [1.29, 1.82) is 0 Å². The van der Waals surface area contributed by atoms with Gasteiger partial charge in [-0.2, -0.15) is 0 Å². The summed E-state index contributed by atoms with van der Waals surface area (Å²) in [6, 6.07) is 9.85.